The Hall–Kier alpha value is -1.82. The summed E-state index contributed by atoms with van der Waals surface area (Å²) < 4.78 is 0. The number of rotatable bonds is 3. The van der Waals surface area contributed by atoms with Crippen molar-refractivity contribution in [2.75, 3.05) is 14.1 Å². The van der Waals surface area contributed by atoms with Gasteiger partial charge in [-0.3, -0.25) is 4.79 Å². The van der Waals surface area contributed by atoms with E-state index in [-0.39, 0.29) is 11.4 Å². The summed E-state index contributed by atoms with van der Waals surface area (Å²) in [6, 6.07) is 1.91. The molecule has 0 aromatic carbocycles. The summed E-state index contributed by atoms with van der Waals surface area (Å²) >= 11 is 0. The van der Waals surface area contributed by atoms with Crippen molar-refractivity contribution < 1.29 is 4.79 Å². The molecule has 0 atom stereocenters. The molecular weight excluding hydrogens is 176 g/mol. The molecule has 0 N–H and O–H groups in total. The summed E-state index contributed by atoms with van der Waals surface area (Å²) in [5, 5.41) is 8.79. The van der Waals surface area contributed by atoms with Gasteiger partial charge in [-0.25, -0.2) is 0 Å². The standard InChI is InChI=1S/C11H12N2O/c1-13(2)8-10(7-12)11(14)9-5-3-4-6-9/h3-5,8H,6H2,1-2H3/b10-8+. The number of ketones is 1. The Kier molecular flexibility index (Phi) is 3.24. The number of allylic oxidation sites excluding steroid dienone is 5. The fraction of sp³-hybridized carbons (Fsp3) is 0.273. The van der Waals surface area contributed by atoms with Gasteiger partial charge in [0.1, 0.15) is 11.6 Å². The van der Waals surface area contributed by atoms with E-state index in [2.05, 4.69) is 0 Å². The topological polar surface area (TPSA) is 44.1 Å². The fourth-order valence-corrected chi connectivity index (χ4v) is 1.19. The lowest BCUT2D eigenvalue weighted by atomic mass is 10.0. The monoisotopic (exact) mass is 188 g/mol. The third-order valence-electron chi connectivity index (χ3n) is 1.82. The summed E-state index contributed by atoms with van der Waals surface area (Å²) in [4.78, 5) is 13.4. The first-order valence-corrected chi connectivity index (χ1v) is 4.34. The van der Waals surface area contributed by atoms with Crippen molar-refractivity contribution in [3.63, 3.8) is 0 Å². The average molecular weight is 188 g/mol. The van der Waals surface area contributed by atoms with Gasteiger partial charge in [0.05, 0.1) is 0 Å². The molecule has 0 saturated carbocycles. The first-order valence-electron chi connectivity index (χ1n) is 4.34. The quantitative estimate of drug-likeness (QED) is 0.497. The molecule has 0 saturated heterocycles. The number of hydrogen-bond acceptors (Lipinski definition) is 3. The maximum Gasteiger partial charge on any atom is 0.201 e. The zero-order chi connectivity index (χ0) is 10.6. The minimum absolute atomic E-state index is 0.175. The van der Waals surface area contributed by atoms with Crippen LogP contribution in [0.1, 0.15) is 6.42 Å². The van der Waals surface area contributed by atoms with Gasteiger partial charge in [-0.05, 0) is 6.42 Å². The van der Waals surface area contributed by atoms with Crippen molar-refractivity contribution in [3.05, 3.63) is 35.6 Å². The molecule has 14 heavy (non-hydrogen) atoms. The Balaban J connectivity index is 2.82. The highest BCUT2D eigenvalue weighted by Crippen LogP contribution is 2.15. The highest BCUT2D eigenvalue weighted by molar-refractivity contribution is 6.11. The summed E-state index contributed by atoms with van der Waals surface area (Å²) in [7, 11) is 3.57. The molecule has 0 heterocycles. The van der Waals surface area contributed by atoms with Crippen LogP contribution < -0.4 is 0 Å². The molecule has 0 aromatic rings. The molecule has 0 radical (unpaired) electrons. The van der Waals surface area contributed by atoms with Crippen LogP contribution in [0, 0.1) is 11.3 Å². The van der Waals surface area contributed by atoms with Gasteiger partial charge >= 0.3 is 0 Å². The number of nitriles is 1. The van der Waals surface area contributed by atoms with Gasteiger partial charge in [-0.1, -0.05) is 18.2 Å². The predicted molar refractivity (Wildman–Crippen MR) is 54.2 cm³/mol. The Labute approximate surface area is 83.6 Å². The van der Waals surface area contributed by atoms with Gasteiger partial charge in [0, 0.05) is 25.9 Å². The second kappa shape index (κ2) is 4.43. The van der Waals surface area contributed by atoms with E-state index >= 15 is 0 Å². The second-order valence-electron chi connectivity index (χ2n) is 3.27. The van der Waals surface area contributed by atoms with E-state index in [0.29, 0.717) is 12.0 Å². The predicted octanol–water partition coefficient (Wildman–Crippen LogP) is 1.41. The van der Waals surface area contributed by atoms with Crippen molar-refractivity contribution in [2.45, 2.75) is 6.42 Å². The van der Waals surface area contributed by atoms with Crippen LogP contribution in [-0.2, 0) is 4.79 Å². The number of carbonyl (C=O) groups excluding carboxylic acids is 1. The van der Waals surface area contributed by atoms with Crippen molar-refractivity contribution in [1.29, 1.82) is 5.26 Å². The number of carbonyl (C=O) groups is 1. The van der Waals surface area contributed by atoms with Crippen molar-refractivity contribution in [1.82, 2.24) is 4.90 Å². The van der Waals surface area contributed by atoms with Crippen LogP contribution >= 0.6 is 0 Å². The average Bonchev–Trinajstić information content (AvgIpc) is 2.65. The molecule has 1 aliphatic carbocycles. The van der Waals surface area contributed by atoms with E-state index in [9.17, 15) is 4.79 Å². The fourth-order valence-electron chi connectivity index (χ4n) is 1.19. The van der Waals surface area contributed by atoms with Crippen LogP contribution in [0.5, 0.6) is 0 Å². The van der Waals surface area contributed by atoms with Gasteiger partial charge in [0.15, 0.2) is 0 Å². The van der Waals surface area contributed by atoms with Gasteiger partial charge in [-0.15, -0.1) is 0 Å². The van der Waals surface area contributed by atoms with Gasteiger partial charge in [0.25, 0.3) is 0 Å². The Morgan fingerprint density at radius 1 is 1.64 bits per heavy atom. The lowest BCUT2D eigenvalue weighted by Gasteiger charge is -2.06. The van der Waals surface area contributed by atoms with E-state index in [1.54, 1.807) is 31.3 Å². The highest BCUT2D eigenvalue weighted by atomic mass is 16.1. The lowest BCUT2D eigenvalue weighted by Crippen LogP contribution is -2.09. The molecule has 72 valence electrons. The minimum atomic E-state index is -0.175. The maximum absolute atomic E-state index is 11.7. The number of Topliss-reactive ketones (excluding diaryl/α,β-unsaturated/α-hetero) is 1. The first kappa shape index (κ1) is 10.3. The van der Waals surface area contributed by atoms with E-state index < -0.39 is 0 Å². The van der Waals surface area contributed by atoms with Crippen LogP contribution in [0.2, 0.25) is 0 Å². The third kappa shape index (κ3) is 2.33. The first-order chi connectivity index (χ1) is 6.65. The molecule has 3 nitrogen and oxygen atoms in total. The normalized spacial score (nSPS) is 14.9. The molecular formula is C11H12N2O. The molecule has 1 rings (SSSR count). The molecule has 0 amide bonds. The smallest absolute Gasteiger partial charge is 0.201 e. The van der Waals surface area contributed by atoms with Gasteiger partial charge in [-0.2, -0.15) is 5.26 Å². The van der Waals surface area contributed by atoms with Crippen LogP contribution in [0.4, 0.5) is 0 Å². The molecule has 0 spiro atoms. The van der Waals surface area contributed by atoms with E-state index in [1.807, 2.05) is 18.2 Å². The zero-order valence-electron chi connectivity index (χ0n) is 8.32. The highest BCUT2D eigenvalue weighted by Gasteiger charge is 2.15. The lowest BCUT2D eigenvalue weighted by molar-refractivity contribution is -0.112. The van der Waals surface area contributed by atoms with Crippen molar-refractivity contribution in [2.24, 2.45) is 0 Å². The summed E-state index contributed by atoms with van der Waals surface area (Å²) in [6.07, 6.45) is 7.66. The Morgan fingerprint density at radius 2 is 2.36 bits per heavy atom. The molecule has 1 aliphatic rings. The number of nitrogens with zero attached hydrogens (tertiary/aromatic N) is 2. The van der Waals surface area contributed by atoms with Crippen LogP contribution in [0.25, 0.3) is 0 Å². The van der Waals surface area contributed by atoms with Gasteiger partial charge < -0.3 is 4.90 Å². The van der Waals surface area contributed by atoms with E-state index in [0.717, 1.165) is 0 Å². The second-order valence-corrected chi connectivity index (χ2v) is 3.27. The van der Waals surface area contributed by atoms with Crippen LogP contribution in [0.3, 0.4) is 0 Å². The van der Waals surface area contributed by atoms with Crippen LogP contribution in [0.15, 0.2) is 35.6 Å². The van der Waals surface area contributed by atoms with Gasteiger partial charge in [0.2, 0.25) is 5.78 Å². The van der Waals surface area contributed by atoms with Crippen molar-refractivity contribution in [3.8, 4) is 6.07 Å². The maximum atomic E-state index is 11.7. The van der Waals surface area contributed by atoms with Crippen LogP contribution in [-0.4, -0.2) is 24.8 Å². The largest absolute Gasteiger partial charge is 0.382 e. The SMILES string of the molecule is CN(C)/C=C(\C#N)C(=O)C1=CC=CC1. The zero-order valence-corrected chi connectivity index (χ0v) is 8.32. The molecule has 0 unspecified atom stereocenters. The number of hydrogen-bond donors (Lipinski definition) is 0. The minimum Gasteiger partial charge on any atom is -0.382 e. The summed E-state index contributed by atoms with van der Waals surface area (Å²) in [5.74, 6) is -0.175. The Bertz CT molecular complexity index is 367. The molecule has 0 aliphatic heterocycles. The van der Waals surface area contributed by atoms with Crippen molar-refractivity contribution >= 4 is 5.78 Å². The summed E-state index contributed by atoms with van der Waals surface area (Å²) in [6.45, 7) is 0. The molecule has 0 fully saturated rings. The molecule has 0 aromatic heterocycles. The molecule has 0 bridgehead atoms. The molecule has 3 heteroatoms. The third-order valence-corrected chi connectivity index (χ3v) is 1.82. The van der Waals surface area contributed by atoms with E-state index in [4.69, 9.17) is 5.26 Å². The van der Waals surface area contributed by atoms with E-state index in [1.165, 1.54) is 0 Å². The Morgan fingerprint density at radius 3 is 2.79 bits per heavy atom. The summed E-state index contributed by atoms with van der Waals surface area (Å²) in [5.41, 5.74) is 0.865.